The lowest BCUT2D eigenvalue weighted by atomic mass is 10.1. The Labute approximate surface area is 185 Å². The highest BCUT2D eigenvalue weighted by Gasteiger charge is 2.29. The van der Waals surface area contributed by atoms with E-state index in [1.165, 1.54) is 0 Å². The zero-order valence-electron chi connectivity index (χ0n) is 17.0. The molecule has 1 atom stereocenters. The highest BCUT2D eigenvalue weighted by atomic mass is 35.5. The Hall–Kier alpha value is -3.51. The standard InChI is InChI=1S/C24H22ClN3O3/c1-16-14-23(29)27-18-9-3-5-11-20(18)28(16)24(30)15-26-19-10-4-7-13-22(19)31-21-12-6-2-8-17(21)25/h2-13,16,26H,14-15H2,1H3,(H,27,29)/t16-/m1/s1. The summed E-state index contributed by atoms with van der Waals surface area (Å²) in [7, 11) is 0. The topological polar surface area (TPSA) is 70.7 Å². The number of rotatable bonds is 5. The van der Waals surface area contributed by atoms with Crippen molar-refractivity contribution < 1.29 is 14.3 Å². The van der Waals surface area contributed by atoms with E-state index in [-0.39, 0.29) is 30.8 Å². The number of anilines is 3. The molecule has 0 fully saturated rings. The third-order valence-electron chi connectivity index (χ3n) is 5.00. The number of para-hydroxylation sites is 5. The summed E-state index contributed by atoms with van der Waals surface area (Å²) in [5.74, 6) is 0.833. The number of amides is 2. The van der Waals surface area contributed by atoms with Crippen LogP contribution < -0.4 is 20.3 Å². The van der Waals surface area contributed by atoms with E-state index < -0.39 is 0 Å². The molecule has 0 saturated heterocycles. The van der Waals surface area contributed by atoms with E-state index in [9.17, 15) is 9.59 Å². The number of nitrogens with one attached hydrogen (secondary N) is 2. The Balaban J connectivity index is 1.53. The fraction of sp³-hybridized carbons (Fsp3) is 0.167. The van der Waals surface area contributed by atoms with E-state index in [2.05, 4.69) is 10.6 Å². The molecule has 0 saturated carbocycles. The van der Waals surface area contributed by atoms with E-state index in [4.69, 9.17) is 16.3 Å². The lowest BCUT2D eigenvalue weighted by Gasteiger charge is -2.28. The van der Waals surface area contributed by atoms with Gasteiger partial charge in [-0.25, -0.2) is 0 Å². The van der Waals surface area contributed by atoms with E-state index in [0.717, 1.165) is 0 Å². The molecule has 2 amide bonds. The Morgan fingerprint density at radius 1 is 1.06 bits per heavy atom. The Morgan fingerprint density at radius 3 is 2.55 bits per heavy atom. The fourth-order valence-electron chi connectivity index (χ4n) is 3.57. The number of ether oxygens (including phenoxy) is 1. The first-order valence-corrected chi connectivity index (χ1v) is 10.4. The van der Waals surface area contributed by atoms with Gasteiger partial charge in [-0.05, 0) is 43.3 Å². The first-order valence-electron chi connectivity index (χ1n) is 9.99. The van der Waals surface area contributed by atoms with Crippen LogP contribution in [0.2, 0.25) is 5.02 Å². The molecule has 0 bridgehead atoms. The highest BCUT2D eigenvalue weighted by molar-refractivity contribution is 6.32. The second-order valence-electron chi connectivity index (χ2n) is 7.26. The van der Waals surface area contributed by atoms with Gasteiger partial charge < -0.3 is 20.3 Å². The van der Waals surface area contributed by atoms with Crippen molar-refractivity contribution in [3.05, 3.63) is 77.8 Å². The van der Waals surface area contributed by atoms with Crippen LogP contribution in [0.5, 0.6) is 11.5 Å². The van der Waals surface area contributed by atoms with Crippen LogP contribution in [0.1, 0.15) is 13.3 Å². The third-order valence-corrected chi connectivity index (χ3v) is 5.31. The first kappa shape index (κ1) is 20.8. The van der Waals surface area contributed by atoms with E-state index in [0.29, 0.717) is 33.6 Å². The number of halogens is 1. The molecular formula is C24H22ClN3O3. The van der Waals surface area contributed by atoms with Crippen LogP contribution in [-0.4, -0.2) is 24.4 Å². The minimum Gasteiger partial charge on any atom is -0.454 e. The van der Waals surface area contributed by atoms with Gasteiger partial charge in [0.15, 0.2) is 5.75 Å². The molecule has 0 aromatic heterocycles. The van der Waals surface area contributed by atoms with Gasteiger partial charge in [-0.2, -0.15) is 0 Å². The summed E-state index contributed by atoms with van der Waals surface area (Å²) in [5, 5.41) is 6.54. The van der Waals surface area contributed by atoms with Crippen LogP contribution in [0.25, 0.3) is 0 Å². The molecule has 0 radical (unpaired) electrons. The quantitative estimate of drug-likeness (QED) is 0.569. The maximum Gasteiger partial charge on any atom is 0.246 e. The molecule has 0 unspecified atom stereocenters. The highest BCUT2D eigenvalue weighted by Crippen LogP contribution is 2.34. The molecule has 0 aliphatic carbocycles. The molecule has 0 spiro atoms. The van der Waals surface area contributed by atoms with Gasteiger partial charge in [0, 0.05) is 12.5 Å². The second-order valence-corrected chi connectivity index (χ2v) is 7.67. The van der Waals surface area contributed by atoms with Crippen molar-refractivity contribution in [3.8, 4) is 11.5 Å². The minimum absolute atomic E-state index is 0.0375. The molecular weight excluding hydrogens is 414 g/mol. The number of fused-ring (bicyclic) bond motifs is 1. The maximum atomic E-state index is 13.2. The van der Waals surface area contributed by atoms with Gasteiger partial charge in [-0.1, -0.05) is 48.0 Å². The Morgan fingerprint density at radius 2 is 1.74 bits per heavy atom. The van der Waals surface area contributed by atoms with Gasteiger partial charge in [-0.15, -0.1) is 0 Å². The van der Waals surface area contributed by atoms with Crippen molar-refractivity contribution in [2.45, 2.75) is 19.4 Å². The van der Waals surface area contributed by atoms with Crippen molar-refractivity contribution in [1.82, 2.24) is 0 Å². The van der Waals surface area contributed by atoms with Crippen molar-refractivity contribution >= 4 is 40.5 Å². The van der Waals surface area contributed by atoms with Crippen molar-refractivity contribution in [3.63, 3.8) is 0 Å². The first-order chi connectivity index (χ1) is 15.0. The molecule has 4 rings (SSSR count). The Bertz CT molecular complexity index is 1120. The van der Waals surface area contributed by atoms with Crippen LogP contribution >= 0.6 is 11.6 Å². The number of hydrogen-bond acceptors (Lipinski definition) is 4. The predicted molar refractivity (Wildman–Crippen MR) is 123 cm³/mol. The van der Waals surface area contributed by atoms with E-state index >= 15 is 0 Å². The fourth-order valence-corrected chi connectivity index (χ4v) is 3.75. The SMILES string of the molecule is C[C@@H]1CC(=O)Nc2ccccc2N1C(=O)CNc1ccccc1Oc1ccccc1Cl. The number of benzene rings is 3. The van der Waals surface area contributed by atoms with E-state index in [1.807, 2.05) is 61.5 Å². The van der Waals surface area contributed by atoms with Crippen LogP contribution in [-0.2, 0) is 9.59 Å². The predicted octanol–water partition coefficient (Wildman–Crippen LogP) is 5.31. The van der Waals surface area contributed by atoms with Gasteiger partial charge in [0.05, 0.1) is 28.6 Å². The molecule has 3 aromatic rings. The average molecular weight is 436 g/mol. The van der Waals surface area contributed by atoms with Crippen LogP contribution in [0, 0.1) is 0 Å². The zero-order chi connectivity index (χ0) is 21.8. The number of carbonyl (C=O) groups is 2. The van der Waals surface area contributed by atoms with Gasteiger partial charge in [0.25, 0.3) is 0 Å². The zero-order valence-corrected chi connectivity index (χ0v) is 17.7. The summed E-state index contributed by atoms with van der Waals surface area (Å²) in [6.07, 6.45) is 0.229. The lowest BCUT2D eigenvalue weighted by molar-refractivity contribution is -0.118. The second kappa shape index (κ2) is 9.10. The summed E-state index contributed by atoms with van der Waals surface area (Å²) in [6.45, 7) is 1.91. The van der Waals surface area contributed by atoms with Crippen molar-refractivity contribution in [2.75, 3.05) is 22.1 Å². The molecule has 6 nitrogen and oxygen atoms in total. The third kappa shape index (κ3) is 4.64. The summed E-state index contributed by atoms with van der Waals surface area (Å²) in [6, 6.07) is 21.6. The molecule has 31 heavy (non-hydrogen) atoms. The molecule has 1 aliphatic rings. The average Bonchev–Trinajstić information content (AvgIpc) is 2.88. The normalized spacial score (nSPS) is 15.5. The van der Waals surface area contributed by atoms with Crippen LogP contribution in [0.4, 0.5) is 17.1 Å². The van der Waals surface area contributed by atoms with Crippen LogP contribution in [0.3, 0.4) is 0 Å². The van der Waals surface area contributed by atoms with Gasteiger partial charge in [0.1, 0.15) is 5.75 Å². The van der Waals surface area contributed by atoms with Gasteiger partial charge in [-0.3, -0.25) is 9.59 Å². The summed E-state index contributed by atoms with van der Waals surface area (Å²) in [4.78, 5) is 27.0. The molecule has 158 valence electrons. The molecule has 2 N–H and O–H groups in total. The smallest absolute Gasteiger partial charge is 0.246 e. The van der Waals surface area contributed by atoms with E-state index in [1.54, 1.807) is 23.1 Å². The summed E-state index contributed by atoms with van der Waals surface area (Å²) in [5.41, 5.74) is 1.99. The molecule has 1 heterocycles. The van der Waals surface area contributed by atoms with Gasteiger partial charge >= 0.3 is 0 Å². The molecule has 1 aliphatic heterocycles. The van der Waals surface area contributed by atoms with Gasteiger partial charge in [0.2, 0.25) is 11.8 Å². The number of carbonyl (C=O) groups excluding carboxylic acids is 2. The number of hydrogen-bond donors (Lipinski definition) is 2. The largest absolute Gasteiger partial charge is 0.454 e. The minimum atomic E-state index is -0.271. The number of nitrogens with zero attached hydrogens (tertiary/aromatic N) is 1. The molecule has 3 aromatic carbocycles. The molecule has 7 heteroatoms. The summed E-state index contributed by atoms with van der Waals surface area (Å²) >= 11 is 6.21. The maximum absolute atomic E-state index is 13.2. The lowest BCUT2D eigenvalue weighted by Crippen LogP contribution is -2.42. The van der Waals surface area contributed by atoms with Crippen molar-refractivity contribution in [1.29, 1.82) is 0 Å². The monoisotopic (exact) mass is 435 g/mol. The van der Waals surface area contributed by atoms with Crippen molar-refractivity contribution in [2.24, 2.45) is 0 Å². The Kier molecular flexibility index (Phi) is 6.09. The summed E-state index contributed by atoms with van der Waals surface area (Å²) < 4.78 is 5.96. The van der Waals surface area contributed by atoms with Crippen LogP contribution in [0.15, 0.2) is 72.8 Å².